The Bertz CT molecular complexity index is 124. The molecule has 0 amide bonds. The number of hydrogen-bond donors (Lipinski definition) is 0. The van der Waals surface area contributed by atoms with Crippen LogP contribution in [0.1, 0.15) is 13.8 Å². The minimum Gasteiger partial charge on any atom is -0.447 e. The third-order valence-corrected chi connectivity index (χ3v) is 8.40. The van der Waals surface area contributed by atoms with Crippen molar-refractivity contribution in [3.63, 3.8) is 0 Å². The smallest absolute Gasteiger partial charge is 0.254 e. The maximum Gasteiger partial charge on any atom is 0.254 e. The number of rotatable bonds is 5. The van der Waals surface area contributed by atoms with E-state index in [9.17, 15) is 0 Å². The van der Waals surface area contributed by atoms with Gasteiger partial charge in [0.25, 0.3) is 8.48 Å². The van der Waals surface area contributed by atoms with E-state index < -0.39 is 17.5 Å². The third-order valence-electron chi connectivity index (χ3n) is 2.05. The van der Waals surface area contributed by atoms with E-state index in [1.54, 1.807) is 0 Å². The fourth-order valence-corrected chi connectivity index (χ4v) is 8.37. The molecule has 0 aliphatic heterocycles. The number of nitrogens with zero attached hydrogens (tertiary/aromatic N) is 1. The Morgan fingerprint density at radius 3 is 1.83 bits per heavy atom. The van der Waals surface area contributed by atoms with E-state index in [0.29, 0.717) is 0 Å². The highest BCUT2D eigenvalue weighted by atomic mass is 28.4. The Morgan fingerprint density at radius 2 is 1.58 bits per heavy atom. The Morgan fingerprint density at radius 1 is 1.17 bits per heavy atom. The molecule has 2 nitrogen and oxygen atoms in total. The summed E-state index contributed by atoms with van der Waals surface area (Å²) >= 11 is 0. The molecule has 0 aromatic rings. The van der Waals surface area contributed by atoms with Gasteiger partial charge in [-0.25, -0.2) is 0 Å². The van der Waals surface area contributed by atoms with Crippen LogP contribution < -0.4 is 0 Å². The lowest BCUT2D eigenvalue weighted by Crippen LogP contribution is -2.53. The van der Waals surface area contributed by atoms with Crippen LogP contribution in [-0.2, 0) is 4.12 Å². The SMILES string of the molecule is CCN(CC)[Si](C)(C)O[SiH](C)C. The summed E-state index contributed by atoms with van der Waals surface area (Å²) in [7, 11) is -2.36. The van der Waals surface area contributed by atoms with Gasteiger partial charge in [0.05, 0.1) is 0 Å². The summed E-state index contributed by atoms with van der Waals surface area (Å²) in [6, 6.07) is 0. The Labute approximate surface area is 79.9 Å². The van der Waals surface area contributed by atoms with E-state index in [1.807, 2.05) is 0 Å². The fraction of sp³-hybridized carbons (Fsp3) is 1.00. The molecule has 0 N–H and O–H groups in total. The zero-order valence-corrected chi connectivity index (χ0v) is 11.5. The molecule has 0 rings (SSSR count). The number of hydrogen-bond acceptors (Lipinski definition) is 2. The molecule has 0 heterocycles. The van der Waals surface area contributed by atoms with Crippen LogP contribution in [0, 0.1) is 0 Å². The lowest BCUT2D eigenvalue weighted by molar-refractivity contribution is 0.380. The first-order valence-corrected chi connectivity index (χ1v) is 10.5. The molecular formula is C8H23NOSi2. The van der Waals surface area contributed by atoms with Crippen molar-refractivity contribution in [2.24, 2.45) is 0 Å². The molecule has 0 fully saturated rings. The second-order valence-electron chi connectivity index (χ2n) is 3.79. The van der Waals surface area contributed by atoms with Crippen LogP contribution >= 0.6 is 0 Å². The van der Waals surface area contributed by atoms with Gasteiger partial charge in [-0.1, -0.05) is 13.8 Å². The molecule has 0 aliphatic carbocycles. The van der Waals surface area contributed by atoms with Crippen molar-refractivity contribution in [1.29, 1.82) is 0 Å². The molecule has 0 bridgehead atoms. The van der Waals surface area contributed by atoms with Gasteiger partial charge in [-0.05, 0) is 39.3 Å². The predicted octanol–water partition coefficient (Wildman–Crippen LogP) is 2.03. The maximum absolute atomic E-state index is 6.09. The molecule has 0 unspecified atom stereocenters. The molecule has 0 atom stereocenters. The van der Waals surface area contributed by atoms with Gasteiger partial charge < -0.3 is 8.68 Å². The first-order chi connectivity index (χ1) is 5.44. The van der Waals surface area contributed by atoms with Crippen molar-refractivity contribution < 1.29 is 4.12 Å². The van der Waals surface area contributed by atoms with Gasteiger partial charge in [-0.2, -0.15) is 0 Å². The van der Waals surface area contributed by atoms with E-state index in [1.165, 1.54) is 0 Å². The van der Waals surface area contributed by atoms with Gasteiger partial charge in [-0.15, -0.1) is 0 Å². The van der Waals surface area contributed by atoms with Gasteiger partial charge in [0.2, 0.25) is 0 Å². The molecule has 0 saturated heterocycles. The summed E-state index contributed by atoms with van der Waals surface area (Å²) in [5.41, 5.74) is 0. The molecule has 0 saturated carbocycles. The van der Waals surface area contributed by atoms with Crippen LogP contribution in [0.25, 0.3) is 0 Å². The largest absolute Gasteiger partial charge is 0.447 e. The standard InChI is InChI=1S/C8H23NOSi2/c1-7-9(8-2)12(5,6)10-11(3)4/h11H,7-8H2,1-6H3. The van der Waals surface area contributed by atoms with Gasteiger partial charge in [0.1, 0.15) is 0 Å². The van der Waals surface area contributed by atoms with Crippen LogP contribution in [0.5, 0.6) is 0 Å². The van der Waals surface area contributed by atoms with Crippen LogP contribution in [0.15, 0.2) is 0 Å². The highest BCUT2D eigenvalue weighted by molar-refractivity contribution is 6.75. The lowest BCUT2D eigenvalue weighted by Gasteiger charge is -2.36. The van der Waals surface area contributed by atoms with Gasteiger partial charge in [0.15, 0.2) is 9.04 Å². The molecule has 0 radical (unpaired) electrons. The summed E-state index contributed by atoms with van der Waals surface area (Å²) in [6.07, 6.45) is 0. The quantitative estimate of drug-likeness (QED) is 0.637. The molecule has 0 aliphatic rings. The van der Waals surface area contributed by atoms with Crippen LogP contribution in [0.4, 0.5) is 0 Å². The second-order valence-corrected chi connectivity index (χ2v) is 10.4. The minimum absolute atomic E-state index is 0.859. The molecule has 0 spiro atoms. The molecular weight excluding hydrogens is 182 g/mol. The highest BCUT2D eigenvalue weighted by Gasteiger charge is 2.29. The zero-order valence-electron chi connectivity index (χ0n) is 9.35. The monoisotopic (exact) mass is 205 g/mol. The minimum atomic E-state index is -1.50. The van der Waals surface area contributed by atoms with E-state index in [4.69, 9.17) is 4.12 Å². The summed E-state index contributed by atoms with van der Waals surface area (Å²) < 4.78 is 8.57. The van der Waals surface area contributed by atoms with Crippen molar-refractivity contribution in [3.05, 3.63) is 0 Å². The van der Waals surface area contributed by atoms with Gasteiger partial charge >= 0.3 is 0 Å². The van der Waals surface area contributed by atoms with E-state index in [0.717, 1.165) is 13.1 Å². The van der Waals surface area contributed by atoms with Crippen LogP contribution in [-0.4, -0.2) is 35.2 Å². The first kappa shape index (κ1) is 12.4. The third kappa shape index (κ3) is 3.84. The molecule has 0 aromatic heterocycles. The van der Waals surface area contributed by atoms with Crippen molar-refractivity contribution in [2.75, 3.05) is 13.1 Å². The average molecular weight is 205 g/mol. The van der Waals surface area contributed by atoms with Crippen LogP contribution in [0.3, 0.4) is 0 Å². The maximum atomic E-state index is 6.09. The summed E-state index contributed by atoms with van der Waals surface area (Å²) in [4.78, 5) is 0. The van der Waals surface area contributed by atoms with Crippen molar-refractivity contribution >= 4 is 17.5 Å². The molecule has 0 aromatic carbocycles. The Kier molecular flexibility index (Phi) is 5.32. The van der Waals surface area contributed by atoms with E-state index in [2.05, 4.69) is 44.6 Å². The predicted molar refractivity (Wildman–Crippen MR) is 60.4 cm³/mol. The average Bonchev–Trinajstić information content (AvgIpc) is 1.85. The summed E-state index contributed by atoms with van der Waals surface area (Å²) in [5.74, 6) is 0. The summed E-state index contributed by atoms with van der Waals surface area (Å²) in [6.45, 7) is 15.8. The van der Waals surface area contributed by atoms with Gasteiger partial charge in [0, 0.05) is 0 Å². The normalized spacial score (nSPS) is 13.0. The Hall–Kier alpha value is 0.354. The lowest BCUT2D eigenvalue weighted by atomic mass is 10.7. The van der Waals surface area contributed by atoms with Crippen LogP contribution in [0.2, 0.25) is 26.2 Å². The molecule has 12 heavy (non-hydrogen) atoms. The highest BCUT2D eigenvalue weighted by Crippen LogP contribution is 2.12. The van der Waals surface area contributed by atoms with Crippen molar-refractivity contribution in [1.82, 2.24) is 4.57 Å². The topological polar surface area (TPSA) is 12.5 Å². The second kappa shape index (κ2) is 5.16. The van der Waals surface area contributed by atoms with E-state index >= 15 is 0 Å². The Balaban J connectivity index is 4.14. The molecule has 4 heteroatoms. The van der Waals surface area contributed by atoms with Crippen molar-refractivity contribution in [2.45, 2.75) is 40.0 Å². The first-order valence-electron chi connectivity index (χ1n) is 4.86. The fourth-order valence-electron chi connectivity index (χ4n) is 1.64. The molecule has 74 valence electrons. The summed E-state index contributed by atoms with van der Waals surface area (Å²) in [5, 5.41) is 0. The van der Waals surface area contributed by atoms with E-state index in [-0.39, 0.29) is 0 Å². The van der Waals surface area contributed by atoms with Crippen molar-refractivity contribution in [3.8, 4) is 0 Å². The zero-order chi connectivity index (χ0) is 9.78. The van der Waals surface area contributed by atoms with Gasteiger partial charge in [-0.3, -0.25) is 0 Å².